The van der Waals surface area contributed by atoms with Gasteiger partial charge in [-0.1, -0.05) is 6.92 Å². The van der Waals surface area contributed by atoms with Crippen LogP contribution in [0.4, 0.5) is 11.4 Å². The van der Waals surface area contributed by atoms with E-state index < -0.39 is 31.6 Å². The molecule has 0 saturated carbocycles. The van der Waals surface area contributed by atoms with Crippen molar-refractivity contribution in [2.24, 2.45) is 4.99 Å². The van der Waals surface area contributed by atoms with Crippen LogP contribution in [0, 0.1) is 0 Å². The molecule has 0 amide bonds. The largest absolute Gasteiger partial charge is 0.466 e. The maximum atomic E-state index is 12.5. The smallest absolute Gasteiger partial charge is 0.311 e. The Hall–Kier alpha value is -1.94. The van der Waals surface area contributed by atoms with E-state index in [0.29, 0.717) is 6.42 Å². The molecular formula is C15H20N2O6S2. The van der Waals surface area contributed by atoms with E-state index in [1.165, 1.54) is 18.2 Å². The Balaban J connectivity index is 2.33. The Bertz CT molecular complexity index is 904. The zero-order chi connectivity index (χ0) is 18.7. The highest BCUT2D eigenvalue weighted by atomic mass is 32.2. The summed E-state index contributed by atoms with van der Waals surface area (Å²) >= 11 is 0. The molecule has 0 unspecified atom stereocenters. The van der Waals surface area contributed by atoms with Crippen molar-refractivity contribution >= 4 is 42.9 Å². The van der Waals surface area contributed by atoms with E-state index in [2.05, 4.69) is 9.71 Å². The lowest BCUT2D eigenvalue weighted by molar-refractivity contribution is -0.141. The molecule has 0 radical (unpaired) electrons. The van der Waals surface area contributed by atoms with Crippen molar-refractivity contribution in [2.45, 2.75) is 31.6 Å². The minimum Gasteiger partial charge on any atom is -0.466 e. The Morgan fingerprint density at radius 2 is 2.04 bits per heavy atom. The van der Waals surface area contributed by atoms with Crippen LogP contribution in [0.3, 0.4) is 0 Å². The number of anilines is 1. The molecule has 10 heteroatoms. The molecule has 0 bridgehead atoms. The number of fused-ring (bicyclic) bond motifs is 1. The van der Waals surface area contributed by atoms with Gasteiger partial charge in [0.2, 0.25) is 10.0 Å². The highest BCUT2D eigenvalue weighted by Crippen LogP contribution is 2.33. The van der Waals surface area contributed by atoms with Gasteiger partial charge in [-0.05, 0) is 31.5 Å². The van der Waals surface area contributed by atoms with Crippen molar-refractivity contribution in [3.63, 3.8) is 0 Å². The number of ether oxygens (including phenoxy) is 1. The minimum absolute atomic E-state index is 0.0569. The van der Waals surface area contributed by atoms with Crippen LogP contribution in [0.25, 0.3) is 0 Å². The van der Waals surface area contributed by atoms with E-state index >= 15 is 0 Å². The molecule has 138 valence electrons. The zero-order valence-electron chi connectivity index (χ0n) is 14.0. The number of aliphatic imine (C=N–C) groups is 1. The van der Waals surface area contributed by atoms with Gasteiger partial charge in [-0.3, -0.25) is 14.5 Å². The van der Waals surface area contributed by atoms with Crippen LogP contribution < -0.4 is 4.72 Å². The van der Waals surface area contributed by atoms with Crippen LogP contribution in [0.2, 0.25) is 0 Å². The second-order valence-corrected chi connectivity index (χ2v) is 9.32. The number of benzene rings is 1. The van der Waals surface area contributed by atoms with E-state index in [-0.39, 0.29) is 40.8 Å². The summed E-state index contributed by atoms with van der Waals surface area (Å²) in [5, 5.41) is 0. The first-order chi connectivity index (χ1) is 11.7. The molecule has 1 aliphatic heterocycles. The number of sulfone groups is 1. The van der Waals surface area contributed by atoms with Crippen LogP contribution in [-0.4, -0.2) is 46.6 Å². The molecule has 0 aliphatic carbocycles. The zero-order valence-corrected chi connectivity index (χ0v) is 15.6. The lowest BCUT2D eigenvalue weighted by Gasteiger charge is -2.17. The number of sulfonamides is 1. The minimum atomic E-state index is -3.72. The first kappa shape index (κ1) is 19.4. The van der Waals surface area contributed by atoms with Gasteiger partial charge in [0.05, 0.1) is 35.1 Å². The Morgan fingerprint density at radius 1 is 1.32 bits per heavy atom. The summed E-state index contributed by atoms with van der Waals surface area (Å²) in [4.78, 5) is 15.7. The molecule has 0 spiro atoms. The van der Waals surface area contributed by atoms with Gasteiger partial charge in [0.15, 0.2) is 9.84 Å². The number of esters is 1. The summed E-state index contributed by atoms with van der Waals surface area (Å²) in [6.07, 6.45) is 0.247. The van der Waals surface area contributed by atoms with Gasteiger partial charge >= 0.3 is 5.97 Å². The first-order valence-electron chi connectivity index (χ1n) is 7.76. The van der Waals surface area contributed by atoms with E-state index in [9.17, 15) is 21.6 Å². The van der Waals surface area contributed by atoms with Crippen LogP contribution in [0.15, 0.2) is 28.1 Å². The van der Waals surface area contributed by atoms with Crippen molar-refractivity contribution in [3.05, 3.63) is 18.2 Å². The quantitative estimate of drug-likeness (QED) is 0.710. The summed E-state index contributed by atoms with van der Waals surface area (Å²) < 4.78 is 55.7. The molecule has 8 nitrogen and oxygen atoms in total. The van der Waals surface area contributed by atoms with Gasteiger partial charge in [-0.2, -0.15) is 0 Å². The van der Waals surface area contributed by atoms with Gasteiger partial charge in [-0.15, -0.1) is 0 Å². The predicted octanol–water partition coefficient (Wildman–Crippen LogP) is 1.65. The summed E-state index contributed by atoms with van der Waals surface area (Å²) in [5.41, 5.74) is 0.550. The molecule has 0 aromatic heterocycles. The average Bonchev–Trinajstić information content (AvgIpc) is 2.47. The third kappa shape index (κ3) is 5.02. The first-order valence-corrected chi connectivity index (χ1v) is 11.1. The van der Waals surface area contributed by atoms with Gasteiger partial charge < -0.3 is 4.74 Å². The summed E-state index contributed by atoms with van der Waals surface area (Å²) in [7, 11) is -7.24. The standard InChI is InChI=1S/C15H20N2O6S2/c1-3-7-25(21,22)17-11-5-6-13-14(8-11)24(19,20)10-12(16-13)9-15(18)23-4-2/h5-6,8,17H,3-4,7,9-10H2,1-2H3. The van der Waals surface area contributed by atoms with Gasteiger partial charge in [0.25, 0.3) is 0 Å². The molecule has 0 atom stereocenters. The molecule has 1 N–H and O–H groups in total. The summed E-state index contributed by atoms with van der Waals surface area (Å²) in [6, 6.07) is 4.11. The summed E-state index contributed by atoms with van der Waals surface area (Å²) in [5.74, 6) is -0.994. The molecule has 1 aliphatic rings. The van der Waals surface area contributed by atoms with E-state index in [0.717, 1.165) is 0 Å². The number of nitrogens with one attached hydrogen (secondary N) is 1. The second-order valence-electron chi connectivity index (χ2n) is 5.52. The van der Waals surface area contributed by atoms with Crippen LogP contribution in [-0.2, 0) is 29.4 Å². The number of carbonyl (C=O) groups excluding carboxylic acids is 1. The fourth-order valence-corrected chi connectivity index (χ4v) is 5.01. The van der Waals surface area contributed by atoms with Crippen molar-refractivity contribution in [3.8, 4) is 0 Å². The van der Waals surface area contributed by atoms with E-state index in [1.807, 2.05) is 0 Å². The number of hydrogen-bond acceptors (Lipinski definition) is 7. The number of hydrogen-bond donors (Lipinski definition) is 1. The molecule has 1 aromatic rings. The maximum Gasteiger partial charge on any atom is 0.311 e. The molecular weight excluding hydrogens is 368 g/mol. The molecule has 1 heterocycles. The highest BCUT2D eigenvalue weighted by Gasteiger charge is 2.28. The summed E-state index contributed by atoms with van der Waals surface area (Å²) in [6.45, 7) is 3.60. The Kier molecular flexibility index (Phi) is 5.83. The van der Waals surface area contributed by atoms with E-state index in [1.54, 1.807) is 13.8 Å². The SMILES string of the molecule is CCCS(=O)(=O)Nc1ccc2c(c1)S(=O)(=O)CC(CC(=O)OCC)=N2. The van der Waals surface area contributed by atoms with Gasteiger partial charge in [0.1, 0.15) is 0 Å². The fourth-order valence-electron chi connectivity index (χ4n) is 2.39. The fraction of sp³-hybridized carbons (Fsp3) is 0.467. The number of rotatable bonds is 7. The Morgan fingerprint density at radius 3 is 2.68 bits per heavy atom. The predicted molar refractivity (Wildman–Crippen MR) is 94.5 cm³/mol. The number of carbonyl (C=O) groups is 1. The average molecular weight is 388 g/mol. The molecule has 25 heavy (non-hydrogen) atoms. The number of nitrogens with zero attached hydrogens (tertiary/aromatic N) is 1. The van der Waals surface area contributed by atoms with Crippen LogP contribution in [0.1, 0.15) is 26.7 Å². The molecule has 0 saturated heterocycles. The van der Waals surface area contributed by atoms with E-state index in [4.69, 9.17) is 4.74 Å². The third-order valence-electron chi connectivity index (χ3n) is 3.33. The van der Waals surface area contributed by atoms with Gasteiger partial charge in [-0.25, -0.2) is 16.8 Å². The maximum absolute atomic E-state index is 12.5. The van der Waals surface area contributed by atoms with Gasteiger partial charge in [0, 0.05) is 11.4 Å². The monoisotopic (exact) mass is 388 g/mol. The van der Waals surface area contributed by atoms with Crippen molar-refractivity contribution < 1.29 is 26.4 Å². The van der Waals surface area contributed by atoms with Crippen molar-refractivity contribution in [2.75, 3.05) is 22.8 Å². The lowest BCUT2D eigenvalue weighted by atomic mass is 10.2. The lowest BCUT2D eigenvalue weighted by Crippen LogP contribution is -2.24. The molecule has 2 rings (SSSR count). The topological polar surface area (TPSA) is 119 Å². The normalized spacial score (nSPS) is 15.8. The Labute approximate surface area is 147 Å². The van der Waals surface area contributed by atoms with Crippen LogP contribution in [0.5, 0.6) is 0 Å². The van der Waals surface area contributed by atoms with Crippen molar-refractivity contribution in [1.29, 1.82) is 0 Å². The third-order valence-corrected chi connectivity index (χ3v) is 6.53. The van der Waals surface area contributed by atoms with Crippen molar-refractivity contribution in [1.82, 2.24) is 0 Å². The molecule has 0 fully saturated rings. The van der Waals surface area contributed by atoms with Crippen LogP contribution >= 0.6 is 0 Å². The highest BCUT2D eigenvalue weighted by molar-refractivity contribution is 7.93. The second kappa shape index (κ2) is 7.52. The molecule has 1 aromatic carbocycles.